The fraction of sp³-hybridized carbons (Fsp3) is 0.200. The summed E-state index contributed by atoms with van der Waals surface area (Å²) in [5, 5.41) is 19.5. The van der Waals surface area contributed by atoms with Gasteiger partial charge in [0.25, 0.3) is 0 Å². The van der Waals surface area contributed by atoms with E-state index in [-0.39, 0.29) is 0 Å². The predicted molar refractivity (Wildman–Crippen MR) is 88.8 cm³/mol. The summed E-state index contributed by atoms with van der Waals surface area (Å²) in [4.78, 5) is 0. The number of para-hydroxylation sites is 1. The molecule has 1 saturated carbocycles. The first-order valence-electron chi connectivity index (χ1n) is 7.79. The second kappa shape index (κ2) is 5.30. The molecule has 0 atom stereocenters. The summed E-state index contributed by atoms with van der Waals surface area (Å²) in [5.74, 6) is 0.432. The first-order valence-corrected chi connectivity index (χ1v) is 7.79. The molecule has 1 heterocycles. The molecular weight excluding hydrogens is 282 g/mol. The van der Waals surface area contributed by atoms with Gasteiger partial charge in [0, 0.05) is 17.8 Å². The summed E-state index contributed by atoms with van der Waals surface area (Å²) in [5.41, 5.74) is 3.55. The van der Waals surface area contributed by atoms with Crippen LogP contribution in [0.4, 0.5) is 0 Å². The van der Waals surface area contributed by atoms with Gasteiger partial charge in [-0.2, -0.15) is 10.5 Å². The summed E-state index contributed by atoms with van der Waals surface area (Å²) >= 11 is 0. The molecule has 0 unspecified atom stereocenters. The normalized spacial score (nSPS) is 19.7. The van der Waals surface area contributed by atoms with Crippen LogP contribution in [0, 0.1) is 22.7 Å². The Morgan fingerprint density at radius 3 is 2.30 bits per heavy atom. The average Bonchev–Trinajstić information content (AvgIpc) is 2.97. The number of fused-ring (bicyclic) bond motifs is 1. The molecule has 3 heteroatoms. The van der Waals surface area contributed by atoms with Crippen molar-refractivity contribution in [1.29, 1.82) is 10.5 Å². The Kier molecular flexibility index (Phi) is 3.14. The molecule has 0 bridgehead atoms. The Balaban J connectivity index is 1.58. The molecular formula is C20H15N3. The molecule has 1 aliphatic carbocycles. The van der Waals surface area contributed by atoms with Gasteiger partial charge in [0.15, 0.2) is 0 Å². The lowest BCUT2D eigenvalue weighted by molar-refractivity contribution is 0.271. The quantitative estimate of drug-likeness (QED) is 0.699. The highest BCUT2D eigenvalue weighted by molar-refractivity contribution is 5.80. The Hall–Kier alpha value is -3.04. The number of rotatable bonds is 2. The van der Waals surface area contributed by atoms with Crippen molar-refractivity contribution in [3.63, 3.8) is 0 Å². The Bertz CT molecular complexity index is 930. The van der Waals surface area contributed by atoms with E-state index < -0.39 is 0 Å². The largest absolute Gasteiger partial charge is 0.344 e. The molecule has 110 valence electrons. The van der Waals surface area contributed by atoms with E-state index in [0.29, 0.717) is 23.1 Å². The number of hydrogen-bond acceptors (Lipinski definition) is 2. The summed E-state index contributed by atoms with van der Waals surface area (Å²) < 4.78 is 2.35. The maximum absolute atomic E-state index is 9.11. The Morgan fingerprint density at radius 1 is 0.913 bits per heavy atom. The maximum Gasteiger partial charge on any atom is 0.0992 e. The molecule has 0 amide bonds. The van der Waals surface area contributed by atoms with Crippen molar-refractivity contribution in [2.75, 3.05) is 0 Å². The molecule has 0 saturated heterocycles. The molecule has 0 radical (unpaired) electrons. The molecule has 2 aromatic carbocycles. The summed E-state index contributed by atoms with van der Waals surface area (Å²) in [6.07, 6.45) is 4.27. The van der Waals surface area contributed by atoms with Crippen molar-refractivity contribution in [2.45, 2.75) is 24.8 Å². The van der Waals surface area contributed by atoms with Crippen molar-refractivity contribution in [2.24, 2.45) is 0 Å². The lowest BCUT2D eigenvalue weighted by Gasteiger charge is -2.37. The third-order valence-corrected chi connectivity index (χ3v) is 4.82. The number of hydrogen-bond donors (Lipinski definition) is 0. The van der Waals surface area contributed by atoms with Crippen LogP contribution in [-0.4, -0.2) is 4.57 Å². The van der Waals surface area contributed by atoms with Crippen molar-refractivity contribution in [3.8, 4) is 12.1 Å². The highest BCUT2D eigenvalue weighted by Gasteiger charge is 2.32. The van der Waals surface area contributed by atoms with Gasteiger partial charge in [0.1, 0.15) is 0 Å². The van der Waals surface area contributed by atoms with Crippen LogP contribution in [0.5, 0.6) is 0 Å². The molecule has 23 heavy (non-hydrogen) atoms. The molecule has 3 aromatic rings. The van der Waals surface area contributed by atoms with Crippen LogP contribution >= 0.6 is 0 Å². The zero-order valence-corrected chi connectivity index (χ0v) is 12.6. The van der Waals surface area contributed by atoms with Crippen LogP contribution in [0.2, 0.25) is 0 Å². The third-order valence-electron chi connectivity index (χ3n) is 4.82. The molecule has 1 aliphatic rings. The zero-order valence-electron chi connectivity index (χ0n) is 12.6. The molecule has 0 aliphatic heterocycles. The van der Waals surface area contributed by atoms with Crippen LogP contribution in [0.15, 0.2) is 54.7 Å². The monoisotopic (exact) mass is 297 g/mol. The highest BCUT2D eigenvalue weighted by Crippen LogP contribution is 2.46. The van der Waals surface area contributed by atoms with Crippen LogP contribution in [-0.2, 0) is 0 Å². The van der Waals surface area contributed by atoms with E-state index in [0.717, 1.165) is 18.4 Å². The van der Waals surface area contributed by atoms with E-state index in [1.54, 1.807) is 6.07 Å². The maximum atomic E-state index is 9.11. The van der Waals surface area contributed by atoms with E-state index >= 15 is 0 Å². The molecule has 1 aromatic heterocycles. The van der Waals surface area contributed by atoms with Gasteiger partial charge >= 0.3 is 0 Å². The SMILES string of the molecule is N#Cc1cc(C#N)cc(C2CC(n3ccc4ccccc43)C2)c1. The number of aromatic nitrogens is 1. The molecule has 4 rings (SSSR count). The minimum atomic E-state index is 0.432. The second-order valence-electron chi connectivity index (χ2n) is 6.17. The molecule has 3 nitrogen and oxygen atoms in total. The number of benzene rings is 2. The van der Waals surface area contributed by atoms with Crippen LogP contribution in [0.3, 0.4) is 0 Å². The predicted octanol–water partition coefficient (Wildman–Crippen LogP) is 4.50. The van der Waals surface area contributed by atoms with Gasteiger partial charge in [-0.1, -0.05) is 18.2 Å². The lowest BCUT2D eigenvalue weighted by Crippen LogP contribution is -2.24. The van der Waals surface area contributed by atoms with Gasteiger partial charge in [-0.15, -0.1) is 0 Å². The topological polar surface area (TPSA) is 52.5 Å². The molecule has 0 N–H and O–H groups in total. The standard InChI is InChI=1S/C20H15N3/c21-12-14-7-15(13-22)9-17(8-14)18-10-19(11-18)23-6-5-16-3-1-2-4-20(16)23/h1-9,18-19H,10-11H2. The number of nitrogens with zero attached hydrogens (tertiary/aromatic N) is 3. The lowest BCUT2D eigenvalue weighted by atomic mass is 9.75. The van der Waals surface area contributed by atoms with Gasteiger partial charge < -0.3 is 4.57 Å². The van der Waals surface area contributed by atoms with Crippen LogP contribution in [0.1, 0.15) is 41.5 Å². The highest BCUT2D eigenvalue weighted by atomic mass is 15.0. The molecule has 1 fully saturated rings. The Morgan fingerprint density at radius 2 is 1.61 bits per heavy atom. The van der Waals surface area contributed by atoms with Crippen molar-refractivity contribution in [3.05, 3.63) is 71.4 Å². The van der Waals surface area contributed by atoms with Gasteiger partial charge in [-0.05, 0) is 60.0 Å². The minimum absolute atomic E-state index is 0.432. The van der Waals surface area contributed by atoms with Gasteiger partial charge in [-0.25, -0.2) is 0 Å². The minimum Gasteiger partial charge on any atom is -0.344 e. The first kappa shape index (κ1) is 13.6. The van der Waals surface area contributed by atoms with E-state index in [4.69, 9.17) is 10.5 Å². The Labute approximate surface area is 135 Å². The van der Waals surface area contributed by atoms with E-state index in [1.807, 2.05) is 12.1 Å². The second-order valence-corrected chi connectivity index (χ2v) is 6.17. The van der Waals surface area contributed by atoms with E-state index in [2.05, 4.69) is 53.2 Å². The fourth-order valence-electron chi connectivity index (χ4n) is 3.53. The van der Waals surface area contributed by atoms with Gasteiger partial charge in [0.05, 0.1) is 23.3 Å². The van der Waals surface area contributed by atoms with Gasteiger partial charge in [-0.3, -0.25) is 0 Å². The zero-order chi connectivity index (χ0) is 15.8. The van der Waals surface area contributed by atoms with Crippen molar-refractivity contribution >= 4 is 10.9 Å². The fourth-order valence-corrected chi connectivity index (χ4v) is 3.53. The van der Waals surface area contributed by atoms with Gasteiger partial charge in [0.2, 0.25) is 0 Å². The summed E-state index contributed by atoms with van der Waals surface area (Å²) in [7, 11) is 0. The summed E-state index contributed by atoms with van der Waals surface area (Å²) in [6, 6.07) is 20.9. The average molecular weight is 297 g/mol. The van der Waals surface area contributed by atoms with Crippen LogP contribution in [0.25, 0.3) is 10.9 Å². The first-order chi connectivity index (χ1) is 11.3. The molecule has 0 spiro atoms. The van der Waals surface area contributed by atoms with Crippen molar-refractivity contribution < 1.29 is 0 Å². The van der Waals surface area contributed by atoms with E-state index in [9.17, 15) is 0 Å². The summed E-state index contributed by atoms with van der Waals surface area (Å²) in [6.45, 7) is 0. The van der Waals surface area contributed by atoms with E-state index in [1.165, 1.54) is 10.9 Å². The smallest absolute Gasteiger partial charge is 0.0992 e. The third kappa shape index (κ3) is 2.28. The number of nitriles is 2. The van der Waals surface area contributed by atoms with Crippen LogP contribution < -0.4 is 0 Å². The van der Waals surface area contributed by atoms with Crippen molar-refractivity contribution in [1.82, 2.24) is 4.57 Å².